The smallest absolute Gasteiger partial charge is 0.335 e. The molecule has 1 atom stereocenters. The Balaban J connectivity index is 1.36. The van der Waals surface area contributed by atoms with Gasteiger partial charge in [-0.15, -0.1) is 0 Å². The molecule has 2 aromatic rings. The van der Waals surface area contributed by atoms with Gasteiger partial charge < -0.3 is 10.4 Å². The van der Waals surface area contributed by atoms with E-state index in [0.29, 0.717) is 5.56 Å². The molecule has 0 bridgehead atoms. The van der Waals surface area contributed by atoms with Crippen molar-refractivity contribution >= 4 is 11.9 Å². The van der Waals surface area contributed by atoms with E-state index in [1.165, 1.54) is 0 Å². The zero-order valence-electron chi connectivity index (χ0n) is 15.2. The zero-order valence-corrected chi connectivity index (χ0v) is 15.2. The molecule has 2 aromatic carbocycles. The predicted molar refractivity (Wildman–Crippen MR) is 103 cm³/mol. The third-order valence-corrected chi connectivity index (χ3v) is 5.92. The fourth-order valence-corrected chi connectivity index (χ4v) is 4.32. The molecule has 2 N–H and O–H groups in total. The first kappa shape index (κ1) is 17.7. The topological polar surface area (TPSA) is 69.6 Å². The number of piperidine rings is 1. The number of carbonyl (C=O) groups excluding carboxylic acids is 1. The number of rotatable bonds is 4. The van der Waals surface area contributed by atoms with Gasteiger partial charge in [0.25, 0.3) is 0 Å². The summed E-state index contributed by atoms with van der Waals surface area (Å²) in [7, 11) is 0. The van der Waals surface area contributed by atoms with E-state index in [-0.39, 0.29) is 17.4 Å². The lowest BCUT2D eigenvalue weighted by Gasteiger charge is -2.39. The van der Waals surface area contributed by atoms with Gasteiger partial charge in [0, 0.05) is 25.2 Å². The summed E-state index contributed by atoms with van der Waals surface area (Å²) >= 11 is 0. The molecule has 0 aromatic heterocycles. The van der Waals surface area contributed by atoms with Crippen molar-refractivity contribution in [2.45, 2.75) is 37.3 Å². The summed E-state index contributed by atoms with van der Waals surface area (Å²) in [6.07, 6.45) is 2.78. The van der Waals surface area contributed by atoms with Crippen molar-refractivity contribution in [1.82, 2.24) is 10.2 Å². The van der Waals surface area contributed by atoms with Gasteiger partial charge in [0.2, 0.25) is 5.91 Å². The Kier molecular flexibility index (Phi) is 4.70. The third-order valence-electron chi connectivity index (χ3n) is 5.92. The monoisotopic (exact) mass is 364 g/mol. The average molecular weight is 364 g/mol. The van der Waals surface area contributed by atoms with Gasteiger partial charge in [0.1, 0.15) is 0 Å². The Morgan fingerprint density at radius 3 is 2.37 bits per heavy atom. The van der Waals surface area contributed by atoms with E-state index < -0.39 is 5.97 Å². The second kappa shape index (κ2) is 7.16. The molecule has 0 saturated carbocycles. The largest absolute Gasteiger partial charge is 0.478 e. The maximum absolute atomic E-state index is 12.5. The number of aromatic carboxylic acids is 1. The molecule has 2 saturated heterocycles. The molecule has 1 spiro atoms. The van der Waals surface area contributed by atoms with E-state index in [2.05, 4.69) is 10.2 Å². The molecule has 2 heterocycles. The lowest BCUT2D eigenvalue weighted by Crippen LogP contribution is -2.50. The van der Waals surface area contributed by atoms with E-state index in [1.807, 2.05) is 42.5 Å². The van der Waals surface area contributed by atoms with Gasteiger partial charge in [0.15, 0.2) is 0 Å². The lowest BCUT2D eigenvalue weighted by molar-refractivity contribution is -0.121. The Bertz CT molecular complexity index is 824. The molecule has 1 amide bonds. The van der Waals surface area contributed by atoms with E-state index >= 15 is 0 Å². The first-order valence-corrected chi connectivity index (χ1v) is 9.46. The maximum atomic E-state index is 12.5. The molecule has 0 aliphatic carbocycles. The number of nitrogens with one attached hydrogen (secondary N) is 1. The Labute approximate surface area is 159 Å². The van der Waals surface area contributed by atoms with Gasteiger partial charge in [-0.2, -0.15) is 0 Å². The van der Waals surface area contributed by atoms with Gasteiger partial charge in [0.05, 0.1) is 11.5 Å². The molecule has 2 aliphatic heterocycles. The van der Waals surface area contributed by atoms with Crippen LogP contribution in [0.5, 0.6) is 0 Å². The third kappa shape index (κ3) is 3.74. The lowest BCUT2D eigenvalue weighted by atomic mass is 9.82. The van der Waals surface area contributed by atoms with Gasteiger partial charge in [-0.1, -0.05) is 42.5 Å². The molecular formula is C22H24N2O3. The number of likely N-dealkylation sites (tertiary alicyclic amines) is 1. The van der Waals surface area contributed by atoms with Gasteiger partial charge in [-0.25, -0.2) is 4.79 Å². The second-order valence-electron chi connectivity index (χ2n) is 7.72. The van der Waals surface area contributed by atoms with Crippen LogP contribution in [0.3, 0.4) is 0 Å². The minimum absolute atomic E-state index is 0.0405. The molecule has 5 heteroatoms. The van der Waals surface area contributed by atoms with Gasteiger partial charge >= 0.3 is 5.97 Å². The number of carbonyl (C=O) groups is 2. The number of carboxylic acid groups (broad SMARTS) is 1. The van der Waals surface area contributed by atoms with Crippen molar-refractivity contribution < 1.29 is 14.7 Å². The number of carboxylic acids is 1. The van der Waals surface area contributed by atoms with E-state index in [4.69, 9.17) is 5.11 Å². The summed E-state index contributed by atoms with van der Waals surface area (Å²) in [5.41, 5.74) is 2.46. The van der Waals surface area contributed by atoms with Crippen LogP contribution in [0.2, 0.25) is 0 Å². The summed E-state index contributed by atoms with van der Waals surface area (Å²) in [5.74, 6) is -0.786. The molecule has 0 unspecified atom stereocenters. The fourth-order valence-electron chi connectivity index (χ4n) is 4.32. The van der Waals surface area contributed by atoms with Crippen molar-refractivity contribution in [2.24, 2.45) is 0 Å². The van der Waals surface area contributed by atoms with Crippen LogP contribution in [0.15, 0.2) is 54.6 Å². The van der Waals surface area contributed by atoms with Crippen LogP contribution in [-0.4, -0.2) is 40.5 Å². The van der Waals surface area contributed by atoms with Crippen molar-refractivity contribution in [1.29, 1.82) is 0 Å². The van der Waals surface area contributed by atoms with Crippen molar-refractivity contribution in [3.8, 4) is 0 Å². The molecule has 5 nitrogen and oxygen atoms in total. The minimum Gasteiger partial charge on any atom is -0.478 e. The van der Waals surface area contributed by atoms with Crippen molar-refractivity contribution in [2.75, 3.05) is 13.1 Å². The summed E-state index contributed by atoms with van der Waals surface area (Å²) < 4.78 is 0. The van der Waals surface area contributed by atoms with E-state index in [0.717, 1.165) is 50.0 Å². The molecule has 27 heavy (non-hydrogen) atoms. The summed E-state index contributed by atoms with van der Waals surface area (Å²) in [6, 6.07) is 17.1. The highest BCUT2D eigenvalue weighted by Crippen LogP contribution is 2.39. The number of hydrogen-bond donors (Lipinski definition) is 2. The first-order chi connectivity index (χ1) is 13.0. The van der Waals surface area contributed by atoms with Crippen LogP contribution in [0.1, 0.15) is 46.7 Å². The van der Waals surface area contributed by atoms with Crippen molar-refractivity contribution in [3.63, 3.8) is 0 Å². The quantitative estimate of drug-likeness (QED) is 0.875. The number of amides is 1. The van der Waals surface area contributed by atoms with Crippen LogP contribution < -0.4 is 5.32 Å². The highest BCUT2D eigenvalue weighted by atomic mass is 16.4. The van der Waals surface area contributed by atoms with Crippen LogP contribution in [-0.2, 0) is 11.3 Å². The SMILES string of the molecule is O=C(O)c1ccc(CN2CCC3(CC2)C[C@@H](c2ccccc2)C(=O)N3)cc1. The van der Waals surface area contributed by atoms with Crippen LogP contribution in [0.4, 0.5) is 0 Å². The van der Waals surface area contributed by atoms with Gasteiger partial charge in [-0.3, -0.25) is 9.69 Å². The summed E-state index contributed by atoms with van der Waals surface area (Å²) in [4.78, 5) is 25.9. The number of nitrogens with zero attached hydrogens (tertiary/aromatic N) is 1. The van der Waals surface area contributed by atoms with Crippen LogP contribution in [0.25, 0.3) is 0 Å². The summed E-state index contributed by atoms with van der Waals surface area (Å²) in [6.45, 7) is 2.68. The molecular weight excluding hydrogens is 340 g/mol. The average Bonchev–Trinajstić information content (AvgIpc) is 3.01. The normalized spacial score (nSPS) is 21.9. The van der Waals surface area contributed by atoms with E-state index in [1.54, 1.807) is 12.1 Å². The first-order valence-electron chi connectivity index (χ1n) is 9.46. The molecule has 2 fully saturated rings. The van der Waals surface area contributed by atoms with Crippen LogP contribution >= 0.6 is 0 Å². The highest BCUT2D eigenvalue weighted by Gasteiger charge is 2.45. The fraction of sp³-hybridized carbons (Fsp3) is 0.364. The Morgan fingerprint density at radius 1 is 1.07 bits per heavy atom. The van der Waals surface area contributed by atoms with Crippen LogP contribution in [0, 0.1) is 0 Å². The number of hydrogen-bond acceptors (Lipinski definition) is 3. The standard InChI is InChI=1S/C22H24N2O3/c25-20-19(17-4-2-1-3-5-17)14-22(23-20)10-12-24(13-11-22)15-16-6-8-18(9-7-16)21(26)27/h1-9,19H,10-15H2,(H,23,25)(H,26,27)/t19-/m0/s1. The van der Waals surface area contributed by atoms with Crippen molar-refractivity contribution in [3.05, 3.63) is 71.3 Å². The molecule has 0 radical (unpaired) electrons. The molecule has 140 valence electrons. The second-order valence-corrected chi connectivity index (χ2v) is 7.72. The number of benzene rings is 2. The van der Waals surface area contributed by atoms with Gasteiger partial charge in [-0.05, 0) is 42.5 Å². The predicted octanol–water partition coefficient (Wildman–Crippen LogP) is 3.02. The highest BCUT2D eigenvalue weighted by molar-refractivity contribution is 5.87. The summed E-state index contributed by atoms with van der Waals surface area (Å²) in [5, 5.41) is 12.3. The maximum Gasteiger partial charge on any atom is 0.335 e. The Morgan fingerprint density at radius 2 is 1.74 bits per heavy atom. The zero-order chi connectivity index (χ0) is 18.9. The minimum atomic E-state index is -0.897. The van der Waals surface area contributed by atoms with E-state index in [9.17, 15) is 9.59 Å². The Hall–Kier alpha value is -2.66. The molecule has 2 aliphatic rings. The molecule has 4 rings (SSSR count).